The van der Waals surface area contributed by atoms with E-state index in [1.807, 2.05) is 19.1 Å². The molecule has 0 aromatic rings. The zero-order chi connectivity index (χ0) is 10.6. The van der Waals surface area contributed by atoms with E-state index in [1.165, 1.54) is 0 Å². The molecule has 0 unspecified atom stereocenters. The van der Waals surface area contributed by atoms with Crippen LogP contribution >= 0.6 is 0 Å². The Labute approximate surface area is 86.0 Å². The zero-order valence-electron chi connectivity index (χ0n) is 9.08. The summed E-state index contributed by atoms with van der Waals surface area (Å²) >= 11 is 0. The molecule has 0 aliphatic heterocycles. The minimum atomic E-state index is 0.0713. The molecule has 0 rings (SSSR count). The Bertz CT molecular complexity index is 200. The normalized spacial score (nSPS) is 12.5. The van der Waals surface area contributed by atoms with Crippen molar-refractivity contribution < 1.29 is 14.2 Å². The molecule has 80 valence electrons. The van der Waals surface area contributed by atoms with Crippen molar-refractivity contribution in [3.8, 4) is 11.8 Å². The summed E-state index contributed by atoms with van der Waals surface area (Å²) in [5.74, 6) is 5.66. The SMILES string of the molecule is COCC#CCO[C@@H](C)/C=C/COC. The quantitative estimate of drug-likeness (QED) is 0.475. The maximum absolute atomic E-state index is 5.36. The molecule has 0 amide bonds. The molecule has 0 fully saturated rings. The highest BCUT2D eigenvalue weighted by Crippen LogP contribution is 1.91. The lowest BCUT2D eigenvalue weighted by Gasteiger charge is -2.04. The summed E-state index contributed by atoms with van der Waals surface area (Å²) in [6.07, 6.45) is 3.94. The Morgan fingerprint density at radius 1 is 1.14 bits per heavy atom. The summed E-state index contributed by atoms with van der Waals surface area (Å²) in [4.78, 5) is 0. The van der Waals surface area contributed by atoms with Crippen LogP contribution in [0.3, 0.4) is 0 Å². The molecule has 0 aromatic heterocycles. The van der Waals surface area contributed by atoms with Gasteiger partial charge in [0.2, 0.25) is 0 Å². The summed E-state index contributed by atoms with van der Waals surface area (Å²) in [6, 6.07) is 0. The van der Waals surface area contributed by atoms with Crippen molar-refractivity contribution in [3.05, 3.63) is 12.2 Å². The van der Waals surface area contributed by atoms with E-state index in [4.69, 9.17) is 14.2 Å². The van der Waals surface area contributed by atoms with Crippen molar-refractivity contribution >= 4 is 0 Å². The molecule has 3 heteroatoms. The first-order chi connectivity index (χ1) is 6.81. The van der Waals surface area contributed by atoms with Crippen LogP contribution in [0.25, 0.3) is 0 Å². The fourth-order valence-electron chi connectivity index (χ4n) is 0.746. The van der Waals surface area contributed by atoms with E-state index in [2.05, 4.69) is 11.8 Å². The molecule has 0 spiro atoms. The van der Waals surface area contributed by atoms with E-state index in [0.29, 0.717) is 19.8 Å². The predicted molar refractivity (Wildman–Crippen MR) is 56.1 cm³/mol. The molecule has 0 radical (unpaired) electrons. The van der Waals surface area contributed by atoms with Gasteiger partial charge in [0, 0.05) is 14.2 Å². The number of methoxy groups -OCH3 is 2. The molecular weight excluding hydrogens is 180 g/mol. The van der Waals surface area contributed by atoms with Gasteiger partial charge in [-0.2, -0.15) is 0 Å². The predicted octanol–water partition coefficient (Wildman–Crippen LogP) is 1.24. The van der Waals surface area contributed by atoms with Crippen LogP contribution in [-0.2, 0) is 14.2 Å². The Morgan fingerprint density at radius 2 is 1.86 bits per heavy atom. The minimum absolute atomic E-state index is 0.0713. The highest BCUT2D eigenvalue weighted by atomic mass is 16.5. The molecule has 0 bridgehead atoms. The summed E-state index contributed by atoms with van der Waals surface area (Å²) in [5, 5.41) is 0. The van der Waals surface area contributed by atoms with Gasteiger partial charge in [0.25, 0.3) is 0 Å². The van der Waals surface area contributed by atoms with E-state index < -0.39 is 0 Å². The van der Waals surface area contributed by atoms with Gasteiger partial charge in [-0.15, -0.1) is 0 Å². The van der Waals surface area contributed by atoms with Crippen LogP contribution in [0.4, 0.5) is 0 Å². The summed E-state index contributed by atoms with van der Waals surface area (Å²) < 4.78 is 15.0. The molecular formula is C11H18O3. The van der Waals surface area contributed by atoms with Crippen LogP contribution in [0.2, 0.25) is 0 Å². The third-order valence-electron chi connectivity index (χ3n) is 1.43. The fourth-order valence-corrected chi connectivity index (χ4v) is 0.746. The monoisotopic (exact) mass is 198 g/mol. The van der Waals surface area contributed by atoms with Gasteiger partial charge in [-0.3, -0.25) is 0 Å². The van der Waals surface area contributed by atoms with Gasteiger partial charge in [0.15, 0.2) is 0 Å². The fraction of sp³-hybridized carbons (Fsp3) is 0.636. The van der Waals surface area contributed by atoms with E-state index in [0.717, 1.165) is 0 Å². The van der Waals surface area contributed by atoms with Gasteiger partial charge in [-0.05, 0) is 6.92 Å². The lowest BCUT2D eigenvalue weighted by atomic mass is 10.3. The summed E-state index contributed by atoms with van der Waals surface area (Å²) in [7, 11) is 3.28. The molecule has 0 heterocycles. The van der Waals surface area contributed by atoms with Crippen molar-refractivity contribution in [1.82, 2.24) is 0 Å². The van der Waals surface area contributed by atoms with Crippen molar-refractivity contribution in [3.63, 3.8) is 0 Å². The maximum atomic E-state index is 5.36. The standard InChI is InChI=1S/C11H18O3/c1-11(7-6-9-13-3)14-10-5-4-8-12-2/h6-7,11H,8-10H2,1-3H3/b7-6+/t11-/m0/s1. The van der Waals surface area contributed by atoms with Crippen molar-refractivity contribution in [2.45, 2.75) is 13.0 Å². The Morgan fingerprint density at radius 3 is 2.50 bits per heavy atom. The van der Waals surface area contributed by atoms with E-state index in [9.17, 15) is 0 Å². The summed E-state index contributed by atoms with van der Waals surface area (Å²) in [5.41, 5.74) is 0. The molecule has 14 heavy (non-hydrogen) atoms. The number of ether oxygens (including phenoxy) is 3. The lowest BCUT2D eigenvalue weighted by Crippen LogP contribution is -2.05. The highest BCUT2D eigenvalue weighted by Gasteiger charge is 1.92. The third kappa shape index (κ3) is 9.27. The highest BCUT2D eigenvalue weighted by molar-refractivity contribution is 4.99. The second-order valence-electron chi connectivity index (χ2n) is 2.69. The van der Waals surface area contributed by atoms with Gasteiger partial charge in [0.1, 0.15) is 13.2 Å². The van der Waals surface area contributed by atoms with E-state index in [1.54, 1.807) is 14.2 Å². The topological polar surface area (TPSA) is 27.7 Å². The van der Waals surface area contributed by atoms with Crippen LogP contribution in [0, 0.1) is 11.8 Å². The smallest absolute Gasteiger partial charge is 0.108 e. The van der Waals surface area contributed by atoms with Gasteiger partial charge in [0.05, 0.1) is 12.7 Å². The number of hydrogen-bond donors (Lipinski definition) is 0. The molecule has 0 aliphatic carbocycles. The van der Waals surface area contributed by atoms with Gasteiger partial charge >= 0.3 is 0 Å². The molecule has 0 saturated carbocycles. The average molecular weight is 198 g/mol. The Balaban J connectivity index is 3.45. The number of hydrogen-bond acceptors (Lipinski definition) is 3. The first-order valence-electron chi connectivity index (χ1n) is 4.53. The van der Waals surface area contributed by atoms with E-state index in [-0.39, 0.29) is 6.10 Å². The number of rotatable bonds is 6. The molecule has 0 N–H and O–H groups in total. The second kappa shape index (κ2) is 10.3. The van der Waals surface area contributed by atoms with Crippen LogP contribution in [0.15, 0.2) is 12.2 Å². The second-order valence-corrected chi connectivity index (χ2v) is 2.69. The first-order valence-corrected chi connectivity index (χ1v) is 4.53. The lowest BCUT2D eigenvalue weighted by molar-refractivity contribution is 0.126. The largest absolute Gasteiger partial charge is 0.381 e. The zero-order valence-corrected chi connectivity index (χ0v) is 9.08. The van der Waals surface area contributed by atoms with Crippen molar-refractivity contribution in [2.24, 2.45) is 0 Å². The molecule has 0 aliphatic rings. The average Bonchev–Trinajstić information content (AvgIpc) is 2.18. The molecule has 1 atom stereocenters. The van der Waals surface area contributed by atoms with Gasteiger partial charge < -0.3 is 14.2 Å². The first kappa shape index (κ1) is 13.2. The summed E-state index contributed by atoms with van der Waals surface area (Å²) in [6.45, 7) is 3.46. The Hall–Kier alpha value is -0.820. The molecule has 0 saturated heterocycles. The Kier molecular flexibility index (Phi) is 9.66. The van der Waals surface area contributed by atoms with Gasteiger partial charge in [-0.1, -0.05) is 24.0 Å². The molecule has 0 aromatic carbocycles. The minimum Gasteiger partial charge on any atom is -0.381 e. The third-order valence-corrected chi connectivity index (χ3v) is 1.43. The maximum Gasteiger partial charge on any atom is 0.108 e. The van der Waals surface area contributed by atoms with Crippen LogP contribution in [0.5, 0.6) is 0 Å². The van der Waals surface area contributed by atoms with Crippen LogP contribution in [-0.4, -0.2) is 40.1 Å². The molecule has 3 nitrogen and oxygen atoms in total. The van der Waals surface area contributed by atoms with E-state index >= 15 is 0 Å². The van der Waals surface area contributed by atoms with Crippen LogP contribution in [0.1, 0.15) is 6.92 Å². The van der Waals surface area contributed by atoms with Crippen LogP contribution < -0.4 is 0 Å². The van der Waals surface area contributed by atoms with Crippen molar-refractivity contribution in [1.29, 1.82) is 0 Å². The van der Waals surface area contributed by atoms with Crippen molar-refractivity contribution in [2.75, 3.05) is 34.0 Å². The van der Waals surface area contributed by atoms with Gasteiger partial charge in [-0.25, -0.2) is 0 Å².